The van der Waals surface area contributed by atoms with Gasteiger partial charge < -0.3 is 4.74 Å². The Labute approximate surface area is 77.0 Å². The van der Waals surface area contributed by atoms with Gasteiger partial charge in [-0.05, 0) is 19.1 Å². The van der Waals surface area contributed by atoms with E-state index >= 15 is 0 Å². The number of carbonyl (C=O) groups excluding carboxylic acids is 1. The Morgan fingerprint density at radius 3 is 2.69 bits per heavy atom. The van der Waals surface area contributed by atoms with Crippen LogP contribution in [-0.2, 0) is 4.74 Å². The van der Waals surface area contributed by atoms with E-state index in [1.165, 1.54) is 6.26 Å². The Morgan fingerprint density at radius 2 is 2.08 bits per heavy atom. The van der Waals surface area contributed by atoms with Crippen molar-refractivity contribution in [1.29, 1.82) is 0 Å². The van der Waals surface area contributed by atoms with Crippen molar-refractivity contribution in [2.24, 2.45) is 0 Å². The number of amides is 1. The Hall–Kier alpha value is -1.77. The lowest BCUT2D eigenvalue weighted by Gasteiger charge is -2.01. The molecule has 1 aromatic rings. The number of carbonyl (C=O) groups is 1. The van der Waals surface area contributed by atoms with Gasteiger partial charge in [0.25, 0.3) is 0 Å². The van der Waals surface area contributed by atoms with Gasteiger partial charge in [-0.2, -0.15) is 0 Å². The molecule has 0 bridgehead atoms. The zero-order valence-corrected chi connectivity index (χ0v) is 7.36. The lowest BCUT2D eigenvalue weighted by molar-refractivity contribution is 0.201. The van der Waals surface area contributed by atoms with Crippen LogP contribution in [0.4, 0.5) is 10.5 Å². The molecular formula is C10H11NO2. The molecule has 1 amide bonds. The maximum Gasteiger partial charge on any atom is 0.416 e. The van der Waals surface area contributed by atoms with Gasteiger partial charge in [-0.25, -0.2) is 4.79 Å². The lowest BCUT2D eigenvalue weighted by atomic mass is 10.3. The van der Waals surface area contributed by atoms with E-state index in [1.807, 2.05) is 18.2 Å². The summed E-state index contributed by atoms with van der Waals surface area (Å²) < 4.78 is 4.66. The van der Waals surface area contributed by atoms with Crippen LogP contribution in [0.2, 0.25) is 0 Å². The largest absolute Gasteiger partial charge is 0.418 e. The molecule has 0 unspecified atom stereocenters. The molecule has 0 atom stereocenters. The van der Waals surface area contributed by atoms with Gasteiger partial charge in [0.15, 0.2) is 0 Å². The van der Waals surface area contributed by atoms with Gasteiger partial charge in [0, 0.05) is 5.69 Å². The van der Waals surface area contributed by atoms with E-state index in [0.29, 0.717) is 0 Å². The Balaban J connectivity index is 2.46. The highest BCUT2D eigenvalue weighted by atomic mass is 16.5. The van der Waals surface area contributed by atoms with Crippen molar-refractivity contribution >= 4 is 11.8 Å². The molecule has 13 heavy (non-hydrogen) atoms. The molecule has 0 spiro atoms. The standard InChI is InChI=1S/C10H11NO2/c1-2-8-13-10(12)11-9-6-4-3-5-7-9/h2-8H,1H3,(H,11,12)/b8-2-. The second-order valence-electron chi connectivity index (χ2n) is 2.37. The number of hydrogen-bond acceptors (Lipinski definition) is 2. The van der Waals surface area contributed by atoms with Crippen LogP contribution in [0.25, 0.3) is 0 Å². The molecule has 3 heteroatoms. The number of anilines is 1. The van der Waals surface area contributed by atoms with Crippen LogP contribution in [0.5, 0.6) is 0 Å². The average molecular weight is 177 g/mol. The number of benzene rings is 1. The van der Waals surface area contributed by atoms with E-state index in [2.05, 4.69) is 10.1 Å². The summed E-state index contributed by atoms with van der Waals surface area (Å²) in [5, 5.41) is 2.56. The van der Waals surface area contributed by atoms with Crippen molar-refractivity contribution in [3.63, 3.8) is 0 Å². The number of ether oxygens (including phenoxy) is 1. The monoisotopic (exact) mass is 177 g/mol. The molecule has 0 saturated carbocycles. The first-order chi connectivity index (χ1) is 6.33. The third-order valence-electron chi connectivity index (χ3n) is 1.33. The fourth-order valence-corrected chi connectivity index (χ4v) is 0.799. The molecule has 68 valence electrons. The quantitative estimate of drug-likeness (QED) is 0.705. The van der Waals surface area contributed by atoms with Crippen molar-refractivity contribution in [2.75, 3.05) is 5.32 Å². The van der Waals surface area contributed by atoms with E-state index in [9.17, 15) is 4.79 Å². The van der Waals surface area contributed by atoms with Gasteiger partial charge in [0.2, 0.25) is 0 Å². The predicted molar refractivity (Wildman–Crippen MR) is 51.4 cm³/mol. The average Bonchev–Trinajstić information content (AvgIpc) is 2.16. The molecule has 0 saturated heterocycles. The summed E-state index contributed by atoms with van der Waals surface area (Å²) >= 11 is 0. The molecule has 1 N–H and O–H groups in total. The summed E-state index contributed by atoms with van der Waals surface area (Å²) in [4.78, 5) is 11.0. The number of nitrogens with one attached hydrogen (secondary N) is 1. The van der Waals surface area contributed by atoms with E-state index < -0.39 is 6.09 Å². The predicted octanol–water partition coefficient (Wildman–Crippen LogP) is 2.77. The number of rotatable bonds is 2. The summed E-state index contributed by atoms with van der Waals surface area (Å²) in [6.07, 6.45) is 2.49. The normalized spacial score (nSPS) is 9.92. The maximum atomic E-state index is 11.0. The molecule has 0 fully saturated rings. The number of para-hydroxylation sites is 1. The summed E-state index contributed by atoms with van der Waals surface area (Å²) in [5.74, 6) is 0. The second kappa shape index (κ2) is 4.98. The molecule has 0 aliphatic carbocycles. The first kappa shape index (κ1) is 9.32. The van der Waals surface area contributed by atoms with Crippen LogP contribution in [0, 0.1) is 0 Å². The molecule has 3 nitrogen and oxygen atoms in total. The highest BCUT2D eigenvalue weighted by Crippen LogP contribution is 2.04. The third-order valence-corrected chi connectivity index (χ3v) is 1.33. The van der Waals surface area contributed by atoms with Gasteiger partial charge in [0.05, 0.1) is 6.26 Å². The molecule has 0 aromatic heterocycles. The Kier molecular flexibility index (Phi) is 3.57. The highest BCUT2D eigenvalue weighted by molar-refractivity contribution is 5.84. The van der Waals surface area contributed by atoms with Crippen LogP contribution < -0.4 is 5.32 Å². The van der Waals surface area contributed by atoms with Crippen LogP contribution >= 0.6 is 0 Å². The van der Waals surface area contributed by atoms with Crippen molar-refractivity contribution < 1.29 is 9.53 Å². The van der Waals surface area contributed by atoms with Gasteiger partial charge in [0.1, 0.15) is 0 Å². The van der Waals surface area contributed by atoms with E-state index in [1.54, 1.807) is 25.1 Å². The number of allylic oxidation sites excluding steroid dienone is 1. The molecule has 0 aliphatic rings. The topological polar surface area (TPSA) is 38.3 Å². The van der Waals surface area contributed by atoms with Gasteiger partial charge in [-0.15, -0.1) is 0 Å². The minimum Gasteiger partial charge on any atom is -0.418 e. The minimum atomic E-state index is -0.482. The summed E-state index contributed by atoms with van der Waals surface area (Å²) in [6.45, 7) is 1.77. The van der Waals surface area contributed by atoms with E-state index in [4.69, 9.17) is 0 Å². The molecule has 0 aliphatic heterocycles. The van der Waals surface area contributed by atoms with Crippen LogP contribution in [0.15, 0.2) is 42.7 Å². The molecule has 0 heterocycles. The first-order valence-corrected chi connectivity index (χ1v) is 3.97. The van der Waals surface area contributed by atoms with Crippen molar-refractivity contribution in [3.05, 3.63) is 42.7 Å². The Bertz CT molecular complexity index is 293. The molecule has 1 aromatic carbocycles. The van der Waals surface area contributed by atoms with Crippen molar-refractivity contribution in [2.45, 2.75) is 6.92 Å². The van der Waals surface area contributed by atoms with Gasteiger partial charge in [-0.1, -0.05) is 24.3 Å². The maximum absolute atomic E-state index is 11.0. The Morgan fingerprint density at radius 1 is 1.38 bits per heavy atom. The van der Waals surface area contributed by atoms with E-state index in [-0.39, 0.29) is 0 Å². The molecule has 1 rings (SSSR count). The minimum absolute atomic E-state index is 0.482. The smallest absolute Gasteiger partial charge is 0.416 e. The van der Waals surface area contributed by atoms with E-state index in [0.717, 1.165) is 5.69 Å². The molecular weight excluding hydrogens is 166 g/mol. The third kappa shape index (κ3) is 3.42. The number of hydrogen-bond donors (Lipinski definition) is 1. The second-order valence-corrected chi connectivity index (χ2v) is 2.37. The molecule has 0 radical (unpaired) electrons. The lowest BCUT2D eigenvalue weighted by Crippen LogP contribution is -2.10. The zero-order chi connectivity index (χ0) is 9.52. The summed E-state index contributed by atoms with van der Waals surface area (Å²) in [7, 11) is 0. The van der Waals surface area contributed by atoms with Crippen LogP contribution in [0.3, 0.4) is 0 Å². The first-order valence-electron chi connectivity index (χ1n) is 3.97. The van der Waals surface area contributed by atoms with Gasteiger partial charge >= 0.3 is 6.09 Å². The van der Waals surface area contributed by atoms with Crippen molar-refractivity contribution in [3.8, 4) is 0 Å². The summed E-state index contributed by atoms with van der Waals surface area (Å²) in [5.41, 5.74) is 0.719. The van der Waals surface area contributed by atoms with Crippen LogP contribution in [-0.4, -0.2) is 6.09 Å². The van der Waals surface area contributed by atoms with Crippen LogP contribution in [0.1, 0.15) is 6.92 Å². The van der Waals surface area contributed by atoms with Gasteiger partial charge in [-0.3, -0.25) is 5.32 Å². The fourth-order valence-electron chi connectivity index (χ4n) is 0.799. The zero-order valence-electron chi connectivity index (χ0n) is 7.36. The highest BCUT2D eigenvalue weighted by Gasteiger charge is 1.98. The van der Waals surface area contributed by atoms with Crippen molar-refractivity contribution in [1.82, 2.24) is 0 Å². The SMILES string of the molecule is C/C=C\OC(=O)Nc1ccccc1. The summed E-state index contributed by atoms with van der Waals surface area (Å²) in [6, 6.07) is 9.13. The fraction of sp³-hybridized carbons (Fsp3) is 0.100.